The molecule has 1 fully saturated rings. The molecule has 1 saturated heterocycles. The van der Waals surface area contributed by atoms with Crippen LogP contribution >= 0.6 is 11.6 Å². The van der Waals surface area contributed by atoms with Crippen LogP contribution in [-0.2, 0) is 22.5 Å². The summed E-state index contributed by atoms with van der Waals surface area (Å²) in [6, 6.07) is 11.4. The van der Waals surface area contributed by atoms with Crippen molar-refractivity contribution in [3.63, 3.8) is 0 Å². The van der Waals surface area contributed by atoms with Crippen LogP contribution in [0.15, 0.2) is 36.4 Å². The quantitative estimate of drug-likeness (QED) is 0.573. The van der Waals surface area contributed by atoms with Gasteiger partial charge in [-0.2, -0.15) is 0 Å². The highest BCUT2D eigenvalue weighted by molar-refractivity contribution is 6.31. The number of aliphatic hydroxyl groups is 4. The molecule has 0 aromatic heterocycles. The number of hydrogen-bond acceptors (Lipinski definition) is 7. The highest BCUT2D eigenvalue weighted by Crippen LogP contribution is 2.41. The van der Waals surface area contributed by atoms with Gasteiger partial charge in [-0.3, -0.25) is 0 Å². The molecule has 2 heterocycles. The van der Waals surface area contributed by atoms with E-state index < -0.39 is 43.2 Å². The van der Waals surface area contributed by atoms with Crippen molar-refractivity contribution in [2.24, 2.45) is 0 Å². The van der Waals surface area contributed by atoms with Crippen LogP contribution in [0, 0.1) is 0 Å². The highest BCUT2D eigenvalue weighted by atomic mass is 35.5. The van der Waals surface area contributed by atoms with Crippen LogP contribution in [0.3, 0.4) is 0 Å². The summed E-state index contributed by atoms with van der Waals surface area (Å²) in [4.78, 5) is 0. The normalized spacial score (nSPS) is 30.9. The third-order valence-electron chi connectivity index (χ3n) is 5.85. The molecule has 0 radical (unpaired) electrons. The fourth-order valence-corrected chi connectivity index (χ4v) is 4.39. The molecule has 6 atom stereocenters. The molecule has 2 aromatic rings. The number of methoxy groups -OCH3 is 1. The molecule has 4 rings (SSSR count). The number of fused-ring (bicyclic) bond motifs is 3. The maximum Gasteiger partial charge on any atom is 0.168 e. The van der Waals surface area contributed by atoms with Gasteiger partial charge in [0.1, 0.15) is 24.1 Å². The Morgan fingerprint density at radius 2 is 1.80 bits per heavy atom. The van der Waals surface area contributed by atoms with Crippen molar-refractivity contribution in [3.05, 3.63) is 63.7 Å². The molecule has 2 aromatic carbocycles. The lowest BCUT2D eigenvalue weighted by Gasteiger charge is -2.36. The van der Waals surface area contributed by atoms with Gasteiger partial charge in [0.25, 0.3) is 0 Å². The van der Waals surface area contributed by atoms with Crippen molar-refractivity contribution in [1.82, 2.24) is 0 Å². The van der Waals surface area contributed by atoms with Gasteiger partial charge >= 0.3 is 0 Å². The van der Waals surface area contributed by atoms with Gasteiger partial charge in [-0.05, 0) is 46.9 Å². The second-order valence-corrected chi connectivity index (χ2v) is 8.11. The molecule has 0 spiro atoms. The Kier molecular flexibility index (Phi) is 6.31. The van der Waals surface area contributed by atoms with Gasteiger partial charge in [0, 0.05) is 5.02 Å². The van der Waals surface area contributed by atoms with Crippen LogP contribution in [0.1, 0.15) is 28.2 Å². The van der Waals surface area contributed by atoms with Crippen molar-refractivity contribution in [2.45, 2.75) is 49.7 Å². The Morgan fingerprint density at radius 1 is 1.07 bits per heavy atom. The molecule has 30 heavy (non-hydrogen) atoms. The van der Waals surface area contributed by atoms with Gasteiger partial charge < -0.3 is 34.6 Å². The first-order chi connectivity index (χ1) is 14.4. The summed E-state index contributed by atoms with van der Waals surface area (Å²) >= 11 is 6.51. The molecule has 0 aliphatic carbocycles. The highest BCUT2D eigenvalue weighted by Gasteiger charge is 2.48. The first-order valence-electron chi connectivity index (χ1n) is 9.79. The largest absolute Gasteiger partial charge is 0.497 e. The first-order valence-corrected chi connectivity index (χ1v) is 10.2. The Balaban J connectivity index is 1.69. The molecule has 0 saturated carbocycles. The van der Waals surface area contributed by atoms with Crippen molar-refractivity contribution >= 4 is 11.6 Å². The monoisotopic (exact) mass is 436 g/mol. The Hall–Kier alpha value is -1.71. The lowest BCUT2D eigenvalue weighted by atomic mass is 9.83. The zero-order valence-corrected chi connectivity index (χ0v) is 17.2. The predicted molar refractivity (Wildman–Crippen MR) is 109 cm³/mol. The summed E-state index contributed by atoms with van der Waals surface area (Å²) in [6.45, 7) is -0.302. The minimum absolute atomic E-state index is 0.204. The van der Waals surface area contributed by atoms with E-state index in [1.807, 2.05) is 30.3 Å². The number of rotatable bonds is 4. The number of benzene rings is 2. The smallest absolute Gasteiger partial charge is 0.168 e. The van der Waals surface area contributed by atoms with Crippen LogP contribution in [-0.4, -0.2) is 64.8 Å². The number of halogens is 1. The molecule has 0 bridgehead atoms. The van der Waals surface area contributed by atoms with Crippen LogP contribution in [0.2, 0.25) is 5.02 Å². The predicted octanol–water partition coefficient (Wildman–Crippen LogP) is 1.35. The van der Waals surface area contributed by atoms with Gasteiger partial charge in [0.15, 0.2) is 6.29 Å². The third-order valence-corrected chi connectivity index (χ3v) is 6.21. The first kappa shape index (κ1) is 21.5. The zero-order chi connectivity index (χ0) is 21.4. The van der Waals surface area contributed by atoms with E-state index in [2.05, 4.69) is 0 Å². The standard InChI is InChI=1S/C22H25ClO7/c1-28-14-4-2-11(3-5-14)6-12-7-15-13(8-16(12)23)10-29-22-18(15)20(26)21(27)19(25)17(9-24)30-22/h2-5,7-8,17-22,24-27H,6,9-10H2,1H3/t17?,18-,19+,20-,21-,22+/m0/s1. The van der Waals surface area contributed by atoms with E-state index in [1.165, 1.54) is 0 Å². The van der Waals surface area contributed by atoms with Gasteiger partial charge in [-0.1, -0.05) is 29.8 Å². The summed E-state index contributed by atoms with van der Waals surface area (Å²) in [5, 5.41) is 41.5. The lowest BCUT2D eigenvalue weighted by Crippen LogP contribution is -2.45. The minimum Gasteiger partial charge on any atom is -0.497 e. The van der Waals surface area contributed by atoms with Crippen LogP contribution in [0.5, 0.6) is 5.75 Å². The van der Waals surface area contributed by atoms with Crippen molar-refractivity contribution < 1.29 is 34.6 Å². The molecule has 7 nitrogen and oxygen atoms in total. The second kappa shape index (κ2) is 8.80. The fourth-order valence-electron chi connectivity index (χ4n) is 4.14. The Bertz CT molecular complexity index is 888. The minimum atomic E-state index is -1.49. The summed E-state index contributed by atoms with van der Waals surface area (Å²) < 4.78 is 16.6. The Morgan fingerprint density at radius 3 is 2.47 bits per heavy atom. The van der Waals surface area contributed by atoms with Crippen molar-refractivity contribution in [3.8, 4) is 5.75 Å². The summed E-state index contributed by atoms with van der Waals surface area (Å²) in [5.41, 5.74) is 3.42. The number of ether oxygens (including phenoxy) is 3. The lowest BCUT2D eigenvalue weighted by molar-refractivity contribution is -0.214. The van der Waals surface area contributed by atoms with E-state index in [9.17, 15) is 20.4 Å². The van der Waals surface area contributed by atoms with Crippen LogP contribution in [0.25, 0.3) is 0 Å². The SMILES string of the molecule is COc1ccc(Cc2cc3c(cc2Cl)CO[C@@H]2OC(CO)[C@@H](O)[C@H](O)[C@@H](O)[C@H]32)cc1. The number of hydrogen-bond donors (Lipinski definition) is 4. The average Bonchev–Trinajstić information content (AvgIpc) is 2.85. The maximum atomic E-state index is 10.8. The number of aliphatic hydroxyl groups excluding tert-OH is 4. The molecule has 1 unspecified atom stereocenters. The van der Waals surface area contributed by atoms with E-state index in [1.54, 1.807) is 13.2 Å². The molecule has 2 aliphatic rings. The molecule has 162 valence electrons. The maximum absolute atomic E-state index is 10.8. The van der Waals surface area contributed by atoms with Crippen LogP contribution in [0.4, 0.5) is 0 Å². The summed E-state index contributed by atoms with van der Waals surface area (Å²) in [6.07, 6.45) is -5.67. The van der Waals surface area contributed by atoms with Gasteiger partial charge in [-0.15, -0.1) is 0 Å². The van der Waals surface area contributed by atoms with Crippen LogP contribution < -0.4 is 4.74 Å². The van der Waals surface area contributed by atoms with E-state index in [-0.39, 0.29) is 6.61 Å². The topological polar surface area (TPSA) is 109 Å². The van der Waals surface area contributed by atoms with E-state index in [0.717, 1.165) is 28.0 Å². The molecule has 8 heteroatoms. The molecule has 2 aliphatic heterocycles. The molecular formula is C22H25ClO7. The summed E-state index contributed by atoms with van der Waals surface area (Å²) in [7, 11) is 1.61. The second-order valence-electron chi connectivity index (χ2n) is 7.70. The van der Waals surface area contributed by atoms with Crippen molar-refractivity contribution in [2.75, 3.05) is 13.7 Å². The zero-order valence-electron chi connectivity index (χ0n) is 16.4. The summed E-state index contributed by atoms with van der Waals surface area (Å²) in [5.74, 6) is 0.0295. The van der Waals surface area contributed by atoms with Gasteiger partial charge in [-0.25, -0.2) is 0 Å². The fraction of sp³-hybridized carbons (Fsp3) is 0.455. The molecular weight excluding hydrogens is 412 g/mol. The van der Waals surface area contributed by atoms with Crippen molar-refractivity contribution in [1.29, 1.82) is 0 Å². The van der Waals surface area contributed by atoms with E-state index >= 15 is 0 Å². The van der Waals surface area contributed by atoms with Gasteiger partial charge in [0.2, 0.25) is 0 Å². The van der Waals surface area contributed by atoms with E-state index in [4.69, 9.17) is 25.8 Å². The van der Waals surface area contributed by atoms with Gasteiger partial charge in [0.05, 0.1) is 32.3 Å². The van der Waals surface area contributed by atoms with E-state index in [0.29, 0.717) is 11.4 Å². The molecule has 4 N–H and O–H groups in total. The Labute approximate surface area is 179 Å². The molecule has 0 amide bonds. The average molecular weight is 437 g/mol. The third kappa shape index (κ3) is 3.94.